The van der Waals surface area contributed by atoms with Crippen LogP contribution in [0.3, 0.4) is 0 Å². The first-order valence-electron chi connectivity index (χ1n) is 16.6. The van der Waals surface area contributed by atoms with Gasteiger partial charge in [-0.1, -0.05) is 121 Å². The van der Waals surface area contributed by atoms with Crippen LogP contribution < -0.4 is 0 Å². The Morgan fingerprint density at radius 2 is 1.02 bits per heavy atom. The molecular weight excluding hydrogens is 595 g/mol. The Kier molecular flexibility index (Phi) is 6.18. The molecule has 3 heterocycles. The van der Waals surface area contributed by atoms with E-state index in [1.807, 2.05) is 36.9 Å². The van der Waals surface area contributed by atoms with E-state index in [1.54, 1.807) is 0 Å². The molecule has 0 radical (unpaired) electrons. The smallest absolute Gasteiger partial charge is 0.0619 e. The number of nitrogens with zero attached hydrogens (tertiary/aromatic N) is 3. The predicted octanol–water partition coefficient (Wildman–Crippen LogP) is 12.0. The second-order valence-electron chi connectivity index (χ2n) is 12.7. The number of rotatable bonds is 4. The first-order chi connectivity index (χ1) is 24.3. The van der Waals surface area contributed by atoms with E-state index in [0.29, 0.717) is 0 Å². The molecule has 0 N–H and O–H groups in total. The normalized spacial score (nSPS) is 11.7. The third kappa shape index (κ3) is 4.37. The van der Waals surface area contributed by atoms with Crippen molar-refractivity contribution in [1.29, 1.82) is 0 Å². The van der Waals surface area contributed by atoms with Crippen LogP contribution in [0.2, 0.25) is 0 Å². The molecule has 0 spiro atoms. The van der Waals surface area contributed by atoms with E-state index in [0.717, 1.165) is 16.7 Å². The number of hydrogen-bond acceptors (Lipinski definition) is 2. The summed E-state index contributed by atoms with van der Waals surface area (Å²) in [4.78, 5) is 8.79. The molecule has 3 nitrogen and oxygen atoms in total. The number of hydrogen-bond donors (Lipinski definition) is 0. The molecule has 49 heavy (non-hydrogen) atoms. The molecule has 0 amide bonds. The molecule has 0 aliphatic heterocycles. The van der Waals surface area contributed by atoms with Crippen molar-refractivity contribution in [1.82, 2.24) is 14.5 Å². The van der Waals surface area contributed by atoms with Crippen LogP contribution in [0.1, 0.15) is 0 Å². The van der Waals surface area contributed by atoms with Gasteiger partial charge in [0.25, 0.3) is 0 Å². The third-order valence-electron chi connectivity index (χ3n) is 9.95. The molecule has 0 aliphatic rings. The monoisotopic (exact) mass is 623 g/mol. The number of fused-ring (bicyclic) bond motifs is 7. The topological polar surface area (TPSA) is 30.7 Å². The van der Waals surface area contributed by atoms with Gasteiger partial charge in [0.2, 0.25) is 0 Å². The second-order valence-corrected chi connectivity index (χ2v) is 12.7. The number of pyridine rings is 2. The zero-order valence-corrected chi connectivity index (χ0v) is 26.6. The molecule has 0 aliphatic carbocycles. The Morgan fingerprint density at radius 3 is 1.80 bits per heavy atom. The Hall–Kier alpha value is -6.58. The van der Waals surface area contributed by atoms with E-state index < -0.39 is 0 Å². The molecule has 7 aromatic carbocycles. The average Bonchev–Trinajstić information content (AvgIpc) is 3.51. The summed E-state index contributed by atoms with van der Waals surface area (Å²) >= 11 is 0. The van der Waals surface area contributed by atoms with Crippen LogP contribution in [0.4, 0.5) is 0 Å². The molecule has 0 saturated heterocycles. The minimum Gasteiger partial charge on any atom is -0.308 e. The second kappa shape index (κ2) is 11.0. The van der Waals surface area contributed by atoms with Gasteiger partial charge in [0.05, 0.1) is 16.7 Å². The maximum atomic E-state index is 4.41. The molecular formula is C46H29N3. The van der Waals surface area contributed by atoms with Crippen LogP contribution in [0.15, 0.2) is 176 Å². The van der Waals surface area contributed by atoms with Crippen molar-refractivity contribution >= 4 is 54.1 Å². The molecule has 0 saturated carbocycles. The van der Waals surface area contributed by atoms with E-state index in [9.17, 15) is 0 Å². The highest BCUT2D eigenvalue weighted by Gasteiger charge is 2.18. The fourth-order valence-electron chi connectivity index (χ4n) is 7.70. The lowest BCUT2D eigenvalue weighted by molar-refractivity contribution is 1.20. The Balaban J connectivity index is 1.24. The molecule has 228 valence electrons. The Bertz CT molecular complexity index is 2860. The van der Waals surface area contributed by atoms with Crippen LogP contribution in [0.5, 0.6) is 0 Å². The lowest BCUT2D eigenvalue weighted by Crippen LogP contribution is -1.96. The maximum absolute atomic E-state index is 4.41. The molecule has 3 aromatic heterocycles. The molecule has 0 atom stereocenters. The van der Waals surface area contributed by atoms with Crippen molar-refractivity contribution < 1.29 is 0 Å². The van der Waals surface area contributed by atoms with Crippen molar-refractivity contribution in [3.05, 3.63) is 176 Å². The van der Waals surface area contributed by atoms with Gasteiger partial charge in [0.15, 0.2) is 0 Å². The fourth-order valence-corrected chi connectivity index (χ4v) is 7.70. The van der Waals surface area contributed by atoms with Crippen LogP contribution in [0.25, 0.3) is 93.2 Å². The van der Waals surface area contributed by atoms with Crippen molar-refractivity contribution in [2.45, 2.75) is 0 Å². The third-order valence-corrected chi connectivity index (χ3v) is 9.95. The predicted molar refractivity (Wildman–Crippen MR) is 205 cm³/mol. The van der Waals surface area contributed by atoms with E-state index in [2.05, 4.69) is 154 Å². The average molecular weight is 624 g/mol. The van der Waals surface area contributed by atoms with E-state index in [1.165, 1.54) is 76.5 Å². The van der Waals surface area contributed by atoms with Gasteiger partial charge in [-0.05, 0) is 74.1 Å². The standard InChI is InChI=1S/C46H29N3/c1-2-12-38-30(8-1)9-5-15-44(38)49-45-27-31(34-10-6-24-47-28-34)16-20-42(45)43-21-18-33-26-32(17-19-39(33)46(43)49)36-22-23-37(35-11-7-25-48-29-35)41-14-4-3-13-40(36)41/h1-29H. The zero-order chi connectivity index (χ0) is 32.3. The summed E-state index contributed by atoms with van der Waals surface area (Å²) in [6.07, 6.45) is 7.53. The van der Waals surface area contributed by atoms with Crippen LogP contribution in [-0.4, -0.2) is 14.5 Å². The van der Waals surface area contributed by atoms with E-state index >= 15 is 0 Å². The van der Waals surface area contributed by atoms with E-state index in [-0.39, 0.29) is 0 Å². The molecule has 0 fully saturated rings. The van der Waals surface area contributed by atoms with Gasteiger partial charge in [0, 0.05) is 57.5 Å². The fraction of sp³-hybridized carbons (Fsp3) is 0. The van der Waals surface area contributed by atoms with Crippen molar-refractivity contribution in [2.75, 3.05) is 0 Å². The summed E-state index contributed by atoms with van der Waals surface area (Å²) in [6.45, 7) is 0. The summed E-state index contributed by atoms with van der Waals surface area (Å²) in [5.74, 6) is 0. The van der Waals surface area contributed by atoms with Gasteiger partial charge in [-0.15, -0.1) is 0 Å². The summed E-state index contributed by atoms with van der Waals surface area (Å²) in [7, 11) is 0. The maximum Gasteiger partial charge on any atom is 0.0619 e. The highest BCUT2D eigenvalue weighted by Crippen LogP contribution is 2.42. The SMILES string of the molecule is c1cncc(-c2ccc3c4ccc5cc(-c6ccc(-c7cccnc7)c7ccccc67)ccc5c4n(-c4cccc5ccccc45)c3c2)c1. The highest BCUT2D eigenvalue weighted by molar-refractivity contribution is 6.20. The number of benzene rings is 7. The first kappa shape index (κ1) is 27.5. The van der Waals surface area contributed by atoms with E-state index in [4.69, 9.17) is 0 Å². The largest absolute Gasteiger partial charge is 0.308 e. The van der Waals surface area contributed by atoms with Crippen molar-refractivity contribution in [3.8, 4) is 39.1 Å². The first-order valence-corrected chi connectivity index (χ1v) is 16.6. The van der Waals surface area contributed by atoms with Crippen molar-refractivity contribution in [2.24, 2.45) is 0 Å². The number of aromatic nitrogens is 3. The summed E-state index contributed by atoms with van der Waals surface area (Å²) in [5.41, 5.74) is 10.6. The van der Waals surface area contributed by atoms with Crippen LogP contribution in [0, 0.1) is 0 Å². The molecule has 0 bridgehead atoms. The van der Waals surface area contributed by atoms with Gasteiger partial charge in [-0.2, -0.15) is 0 Å². The molecule has 10 aromatic rings. The van der Waals surface area contributed by atoms with Gasteiger partial charge in [-0.25, -0.2) is 0 Å². The molecule has 3 heteroatoms. The minimum absolute atomic E-state index is 1.11. The highest BCUT2D eigenvalue weighted by atomic mass is 15.0. The van der Waals surface area contributed by atoms with Gasteiger partial charge < -0.3 is 4.57 Å². The Labute approximate surface area is 283 Å². The van der Waals surface area contributed by atoms with Gasteiger partial charge in [0.1, 0.15) is 0 Å². The quantitative estimate of drug-likeness (QED) is 0.195. The molecule has 10 rings (SSSR count). The Morgan fingerprint density at radius 1 is 0.367 bits per heavy atom. The molecule has 0 unspecified atom stereocenters. The van der Waals surface area contributed by atoms with Crippen LogP contribution >= 0.6 is 0 Å². The lowest BCUT2D eigenvalue weighted by Gasteiger charge is -2.15. The zero-order valence-electron chi connectivity index (χ0n) is 26.6. The summed E-state index contributed by atoms with van der Waals surface area (Å²) < 4.78 is 2.48. The van der Waals surface area contributed by atoms with Gasteiger partial charge >= 0.3 is 0 Å². The van der Waals surface area contributed by atoms with Crippen LogP contribution in [-0.2, 0) is 0 Å². The van der Waals surface area contributed by atoms with Crippen molar-refractivity contribution in [3.63, 3.8) is 0 Å². The van der Waals surface area contributed by atoms with Gasteiger partial charge in [-0.3, -0.25) is 9.97 Å². The summed E-state index contributed by atoms with van der Waals surface area (Å²) in [5, 5.41) is 9.82. The minimum atomic E-state index is 1.11. The summed E-state index contributed by atoms with van der Waals surface area (Å²) in [6, 6.07) is 55.1. The lowest BCUT2D eigenvalue weighted by atomic mass is 9.91.